The fourth-order valence-electron chi connectivity index (χ4n) is 2.08. The maximum atomic E-state index is 12.6. The lowest BCUT2D eigenvalue weighted by Crippen LogP contribution is -2.33. The van der Waals surface area contributed by atoms with E-state index in [4.69, 9.17) is 0 Å². The average Bonchev–Trinajstić information content (AvgIpc) is 2.26. The summed E-state index contributed by atoms with van der Waals surface area (Å²) < 4.78 is 26.6. The molecule has 1 aromatic carbocycles. The number of rotatable bonds is 5. The molecule has 1 aromatic rings. The van der Waals surface area contributed by atoms with Crippen molar-refractivity contribution in [3.8, 4) is 0 Å². The Bertz CT molecular complexity index is 528. The molecule has 0 aliphatic rings. The van der Waals surface area contributed by atoms with E-state index >= 15 is 0 Å². The number of anilines is 1. The van der Waals surface area contributed by atoms with Crippen LogP contribution >= 0.6 is 0 Å². The van der Waals surface area contributed by atoms with Gasteiger partial charge in [0.15, 0.2) is 0 Å². The van der Waals surface area contributed by atoms with Gasteiger partial charge in [-0.2, -0.15) is 4.31 Å². The highest BCUT2D eigenvalue weighted by atomic mass is 32.2. The Morgan fingerprint density at radius 1 is 1.21 bits per heavy atom. The van der Waals surface area contributed by atoms with Gasteiger partial charge in [0, 0.05) is 25.3 Å². The van der Waals surface area contributed by atoms with Gasteiger partial charge in [0.25, 0.3) is 0 Å². The summed E-state index contributed by atoms with van der Waals surface area (Å²) >= 11 is 0. The van der Waals surface area contributed by atoms with E-state index in [-0.39, 0.29) is 6.04 Å². The summed E-state index contributed by atoms with van der Waals surface area (Å²) in [6.07, 6.45) is 0. The van der Waals surface area contributed by atoms with Crippen LogP contribution in [0.5, 0.6) is 0 Å². The average molecular weight is 284 g/mol. The summed E-state index contributed by atoms with van der Waals surface area (Å²) in [6, 6.07) is 3.71. The van der Waals surface area contributed by atoms with Gasteiger partial charge in [-0.25, -0.2) is 8.42 Å². The smallest absolute Gasteiger partial charge is 0.243 e. The summed E-state index contributed by atoms with van der Waals surface area (Å²) in [6.45, 7) is 10.3. The molecule has 108 valence electrons. The van der Waals surface area contributed by atoms with Gasteiger partial charge in [-0.3, -0.25) is 0 Å². The molecule has 0 spiro atoms. The monoisotopic (exact) mass is 284 g/mol. The van der Waals surface area contributed by atoms with Crippen molar-refractivity contribution in [3.05, 3.63) is 23.3 Å². The van der Waals surface area contributed by atoms with Crippen LogP contribution in [0.3, 0.4) is 0 Å². The second-order valence-electron chi connectivity index (χ2n) is 5.08. The summed E-state index contributed by atoms with van der Waals surface area (Å²) in [7, 11) is -1.80. The maximum absolute atomic E-state index is 12.6. The van der Waals surface area contributed by atoms with Gasteiger partial charge < -0.3 is 5.32 Å². The Morgan fingerprint density at radius 3 is 2.05 bits per heavy atom. The quantitative estimate of drug-likeness (QED) is 0.904. The van der Waals surface area contributed by atoms with Gasteiger partial charge in [-0.05, 0) is 57.9 Å². The molecule has 0 fully saturated rings. The molecule has 0 amide bonds. The molecule has 0 saturated carbocycles. The zero-order valence-electron chi connectivity index (χ0n) is 12.6. The van der Waals surface area contributed by atoms with E-state index in [0.717, 1.165) is 23.4 Å². The van der Waals surface area contributed by atoms with Crippen LogP contribution in [0, 0.1) is 13.8 Å². The van der Waals surface area contributed by atoms with Crippen molar-refractivity contribution in [2.45, 2.75) is 45.6 Å². The zero-order valence-corrected chi connectivity index (χ0v) is 13.4. The fraction of sp³-hybridized carbons (Fsp3) is 0.571. The number of nitrogens with one attached hydrogen (secondary N) is 1. The molecular formula is C14H24N2O2S. The van der Waals surface area contributed by atoms with Crippen LogP contribution < -0.4 is 5.32 Å². The Balaban J connectivity index is 3.36. The Kier molecular flexibility index (Phi) is 4.98. The lowest BCUT2D eigenvalue weighted by Gasteiger charge is -2.23. The molecule has 4 nitrogen and oxygen atoms in total. The van der Waals surface area contributed by atoms with Gasteiger partial charge in [-0.15, -0.1) is 0 Å². The normalized spacial score (nSPS) is 12.2. The standard InChI is InChI=1S/C14H24N2O2S/c1-7-15-13-8-11(4)14(12(5)9-13)19(17,18)16(6)10(2)3/h8-10,15H,7H2,1-6H3. The molecule has 5 heteroatoms. The fourth-order valence-corrected chi connectivity index (χ4v) is 3.86. The van der Waals surface area contributed by atoms with Crippen molar-refractivity contribution in [1.82, 2.24) is 4.31 Å². The second kappa shape index (κ2) is 5.92. The number of sulfonamides is 1. The summed E-state index contributed by atoms with van der Waals surface area (Å²) in [5.41, 5.74) is 2.52. The van der Waals surface area contributed by atoms with Gasteiger partial charge in [0.05, 0.1) is 4.90 Å². The highest BCUT2D eigenvalue weighted by molar-refractivity contribution is 7.89. The predicted molar refractivity (Wildman–Crippen MR) is 80.2 cm³/mol. The van der Waals surface area contributed by atoms with Crippen molar-refractivity contribution in [2.24, 2.45) is 0 Å². The number of hydrogen-bond donors (Lipinski definition) is 1. The second-order valence-corrected chi connectivity index (χ2v) is 7.02. The molecule has 19 heavy (non-hydrogen) atoms. The maximum Gasteiger partial charge on any atom is 0.243 e. The predicted octanol–water partition coefficient (Wildman–Crippen LogP) is 2.76. The molecule has 0 aliphatic heterocycles. The highest BCUT2D eigenvalue weighted by Crippen LogP contribution is 2.27. The van der Waals surface area contributed by atoms with Crippen LogP contribution in [0.25, 0.3) is 0 Å². The molecule has 0 aromatic heterocycles. The minimum absolute atomic E-state index is 0.0581. The SMILES string of the molecule is CCNc1cc(C)c(S(=O)(=O)N(C)C(C)C)c(C)c1. The van der Waals surface area contributed by atoms with E-state index in [1.165, 1.54) is 4.31 Å². The summed E-state index contributed by atoms with van der Waals surface area (Å²) in [5, 5.41) is 3.21. The van der Waals surface area contributed by atoms with E-state index in [1.807, 2.05) is 46.8 Å². The number of aryl methyl sites for hydroxylation is 2. The summed E-state index contributed by atoms with van der Waals surface area (Å²) in [5.74, 6) is 0. The van der Waals surface area contributed by atoms with Crippen LogP contribution in [0.15, 0.2) is 17.0 Å². The first kappa shape index (κ1) is 16.0. The number of nitrogens with zero attached hydrogens (tertiary/aromatic N) is 1. The van der Waals surface area contributed by atoms with Gasteiger partial charge >= 0.3 is 0 Å². The largest absolute Gasteiger partial charge is 0.385 e. The third-order valence-corrected chi connectivity index (χ3v) is 5.55. The molecule has 0 heterocycles. The molecule has 0 aliphatic carbocycles. The Labute approximate surface area is 116 Å². The van der Waals surface area contributed by atoms with Crippen LogP contribution in [0.1, 0.15) is 31.9 Å². The topological polar surface area (TPSA) is 49.4 Å². The van der Waals surface area contributed by atoms with Crippen molar-refractivity contribution >= 4 is 15.7 Å². The molecular weight excluding hydrogens is 260 g/mol. The van der Waals surface area contributed by atoms with Crippen LogP contribution in [0.2, 0.25) is 0 Å². The van der Waals surface area contributed by atoms with Crippen LogP contribution in [0.4, 0.5) is 5.69 Å². The number of hydrogen-bond acceptors (Lipinski definition) is 3. The lowest BCUT2D eigenvalue weighted by molar-refractivity contribution is 0.410. The molecule has 0 radical (unpaired) electrons. The number of benzene rings is 1. The molecule has 0 saturated heterocycles. The van der Waals surface area contributed by atoms with Gasteiger partial charge in [0.1, 0.15) is 0 Å². The van der Waals surface area contributed by atoms with E-state index in [9.17, 15) is 8.42 Å². The molecule has 0 unspecified atom stereocenters. The van der Waals surface area contributed by atoms with Crippen molar-refractivity contribution < 1.29 is 8.42 Å². The van der Waals surface area contributed by atoms with Crippen molar-refractivity contribution in [1.29, 1.82) is 0 Å². The summed E-state index contributed by atoms with van der Waals surface area (Å²) in [4.78, 5) is 0.422. The first-order chi connectivity index (χ1) is 8.71. The van der Waals surface area contributed by atoms with E-state index in [2.05, 4.69) is 5.32 Å². The van der Waals surface area contributed by atoms with E-state index < -0.39 is 10.0 Å². The van der Waals surface area contributed by atoms with Crippen LogP contribution in [-0.2, 0) is 10.0 Å². The van der Waals surface area contributed by atoms with Gasteiger partial charge in [0.2, 0.25) is 10.0 Å². The minimum Gasteiger partial charge on any atom is -0.385 e. The van der Waals surface area contributed by atoms with E-state index in [0.29, 0.717) is 4.90 Å². The first-order valence-electron chi connectivity index (χ1n) is 6.55. The molecule has 0 bridgehead atoms. The van der Waals surface area contributed by atoms with Gasteiger partial charge in [-0.1, -0.05) is 0 Å². The Hall–Kier alpha value is -1.07. The Morgan fingerprint density at radius 2 is 1.68 bits per heavy atom. The highest BCUT2D eigenvalue weighted by Gasteiger charge is 2.26. The van der Waals surface area contributed by atoms with E-state index in [1.54, 1.807) is 7.05 Å². The minimum atomic E-state index is -3.43. The molecule has 1 rings (SSSR count). The van der Waals surface area contributed by atoms with Crippen LogP contribution in [-0.4, -0.2) is 32.4 Å². The molecule has 0 atom stereocenters. The van der Waals surface area contributed by atoms with Crippen molar-refractivity contribution in [3.63, 3.8) is 0 Å². The lowest BCUT2D eigenvalue weighted by atomic mass is 10.1. The third kappa shape index (κ3) is 3.28. The zero-order chi connectivity index (χ0) is 14.8. The van der Waals surface area contributed by atoms with Crippen molar-refractivity contribution in [2.75, 3.05) is 18.9 Å². The third-order valence-electron chi connectivity index (χ3n) is 3.21. The molecule has 1 N–H and O–H groups in total. The first-order valence-corrected chi connectivity index (χ1v) is 7.99.